The molecular weight excluding hydrogens is 146 g/mol. The molecule has 1 aromatic rings. The van der Waals surface area contributed by atoms with E-state index in [1.165, 1.54) is 0 Å². The fourth-order valence-corrected chi connectivity index (χ4v) is 0.611. The summed E-state index contributed by atoms with van der Waals surface area (Å²) in [6.07, 6.45) is 3.17. The van der Waals surface area contributed by atoms with Gasteiger partial charge in [-0.1, -0.05) is 0 Å². The Balaban J connectivity index is 2.50. The number of hydrogen-bond acceptors (Lipinski definition) is 3. The summed E-state index contributed by atoms with van der Waals surface area (Å²) in [6.45, 7) is 1.55. The molecule has 60 valence electrons. The Kier molecular flexibility index (Phi) is 2.10. The second-order valence-corrected chi connectivity index (χ2v) is 2.14. The standard InChI is InChI=1S/C6H9N3O2/c1-4(5(10)11)9-6-7-2-3-8-6/h2-4H,1H3,(H,10,11)(H2,7,8,9). The van der Waals surface area contributed by atoms with Gasteiger partial charge in [-0.25, -0.2) is 4.98 Å². The highest BCUT2D eigenvalue weighted by Gasteiger charge is 2.10. The highest BCUT2D eigenvalue weighted by Crippen LogP contribution is 1.97. The Morgan fingerprint density at radius 1 is 1.91 bits per heavy atom. The van der Waals surface area contributed by atoms with Gasteiger partial charge in [0.1, 0.15) is 6.04 Å². The molecular formula is C6H9N3O2. The molecule has 0 aliphatic heterocycles. The number of carboxylic acids is 1. The molecule has 11 heavy (non-hydrogen) atoms. The van der Waals surface area contributed by atoms with Crippen LogP contribution in [0.25, 0.3) is 0 Å². The monoisotopic (exact) mass is 155 g/mol. The Morgan fingerprint density at radius 3 is 3.09 bits per heavy atom. The highest BCUT2D eigenvalue weighted by atomic mass is 16.4. The second kappa shape index (κ2) is 3.05. The predicted molar refractivity (Wildman–Crippen MR) is 39.3 cm³/mol. The minimum absolute atomic E-state index is 0.472. The molecule has 0 amide bonds. The third kappa shape index (κ3) is 1.96. The van der Waals surface area contributed by atoms with Crippen molar-refractivity contribution in [3.8, 4) is 0 Å². The van der Waals surface area contributed by atoms with Crippen molar-refractivity contribution >= 4 is 11.9 Å². The summed E-state index contributed by atoms with van der Waals surface area (Å²) in [6, 6.07) is -0.624. The van der Waals surface area contributed by atoms with Crippen LogP contribution in [0, 0.1) is 0 Å². The second-order valence-electron chi connectivity index (χ2n) is 2.14. The summed E-state index contributed by atoms with van der Waals surface area (Å²) in [7, 11) is 0. The Labute approximate surface area is 63.5 Å². The molecule has 0 saturated heterocycles. The lowest BCUT2D eigenvalue weighted by Crippen LogP contribution is -2.25. The molecule has 0 aromatic carbocycles. The summed E-state index contributed by atoms with van der Waals surface area (Å²) in [5.41, 5.74) is 0. The van der Waals surface area contributed by atoms with Crippen molar-refractivity contribution in [2.45, 2.75) is 13.0 Å². The smallest absolute Gasteiger partial charge is 0.325 e. The summed E-state index contributed by atoms with van der Waals surface area (Å²) in [4.78, 5) is 16.9. The molecule has 1 heterocycles. The van der Waals surface area contributed by atoms with Crippen LogP contribution in [0.5, 0.6) is 0 Å². The van der Waals surface area contributed by atoms with E-state index in [1.807, 2.05) is 0 Å². The van der Waals surface area contributed by atoms with E-state index in [4.69, 9.17) is 5.11 Å². The molecule has 0 aliphatic rings. The van der Waals surface area contributed by atoms with E-state index in [-0.39, 0.29) is 0 Å². The number of imidazole rings is 1. The average molecular weight is 155 g/mol. The fourth-order valence-electron chi connectivity index (χ4n) is 0.611. The van der Waals surface area contributed by atoms with Gasteiger partial charge in [0.25, 0.3) is 0 Å². The number of carboxylic acid groups (broad SMARTS) is 1. The number of carbonyl (C=O) groups is 1. The summed E-state index contributed by atoms with van der Waals surface area (Å²) >= 11 is 0. The average Bonchev–Trinajstić information content (AvgIpc) is 2.39. The lowest BCUT2D eigenvalue weighted by molar-refractivity contribution is -0.137. The van der Waals surface area contributed by atoms with Crippen LogP contribution in [0.3, 0.4) is 0 Å². The first-order valence-electron chi connectivity index (χ1n) is 3.19. The summed E-state index contributed by atoms with van der Waals surface area (Å²) < 4.78 is 0. The number of anilines is 1. The fraction of sp³-hybridized carbons (Fsp3) is 0.333. The van der Waals surface area contributed by atoms with Crippen molar-refractivity contribution in [1.29, 1.82) is 0 Å². The maximum absolute atomic E-state index is 10.3. The number of aromatic amines is 1. The maximum atomic E-state index is 10.3. The number of nitrogens with zero attached hydrogens (tertiary/aromatic N) is 1. The molecule has 0 fully saturated rings. The van der Waals surface area contributed by atoms with Crippen LogP contribution in [0.2, 0.25) is 0 Å². The molecule has 1 aromatic heterocycles. The first kappa shape index (κ1) is 7.59. The maximum Gasteiger partial charge on any atom is 0.325 e. The summed E-state index contributed by atoms with van der Waals surface area (Å²) in [5.74, 6) is -0.429. The zero-order valence-corrected chi connectivity index (χ0v) is 6.03. The Hall–Kier alpha value is -1.52. The lowest BCUT2D eigenvalue weighted by Gasteiger charge is -2.05. The van der Waals surface area contributed by atoms with Crippen LogP contribution in [0.4, 0.5) is 5.95 Å². The number of rotatable bonds is 3. The van der Waals surface area contributed by atoms with E-state index >= 15 is 0 Å². The number of hydrogen-bond donors (Lipinski definition) is 3. The molecule has 1 atom stereocenters. The van der Waals surface area contributed by atoms with E-state index in [9.17, 15) is 4.79 Å². The first-order chi connectivity index (χ1) is 5.20. The molecule has 1 rings (SSSR count). The molecule has 1 unspecified atom stereocenters. The van der Waals surface area contributed by atoms with Crippen LogP contribution in [0.15, 0.2) is 12.4 Å². The van der Waals surface area contributed by atoms with Gasteiger partial charge in [-0.3, -0.25) is 4.79 Å². The van der Waals surface area contributed by atoms with Crippen molar-refractivity contribution < 1.29 is 9.90 Å². The van der Waals surface area contributed by atoms with Crippen LogP contribution in [-0.2, 0) is 4.79 Å². The minimum atomic E-state index is -0.901. The van der Waals surface area contributed by atoms with E-state index < -0.39 is 12.0 Å². The predicted octanol–water partition coefficient (Wildman–Crippen LogP) is 0.295. The molecule has 0 spiro atoms. The molecule has 5 nitrogen and oxygen atoms in total. The molecule has 3 N–H and O–H groups in total. The van der Waals surface area contributed by atoms with Crippen molar-refractivity contribution in [1.82, 2.24) is 9.97 Å². The van der Waals surface area contributed by atoms with Gasteiger partial charge in [0, 0.05) is 12.4 Å². The SMILES string of the molecule is CC(Nc1ncc[nH]1)C(=O)O. The van der Waals surface area contributed by atoms with E-state index in [1.54, 1.807) is 19.3 Å². The molecule has 0 saturated carbocycles. The van der Waals surface area contributed by atoms with Crippen LogP contribution in [0.1, 0.15) is 6.92 Å². The quantitative estimate of drug-likeness (QED) is 0.586. The van der Waals surface area contributed by atoms with E-state index in [2.05, 4.69) is 15.3 Å². The minimum Gasteiger partial charge on any atom is -0.480 e. The van der Waals surface area contributed by atoms with Crippen LogP contribution < -0.4 is 5.32 Å². The van der Waals surface area contributed by atoms with Gasteiger partial charge < -0.3 is 15.4 Å². The zero-order chi connectivity index (χ0) is 8.27. The van der Waals surface area contributed by atoms with Crippen LogP contribution in [-0.4, -0.2) is 27.1 Å². The largest absolute Gasteiger partial charge is 0.480 e. The highest BCUT2D eigenvalue weighted by molar-refractivity contribution is 5.75. The zero-order valence-electron chi connectivity index (χ0n) is 6.03. The van der Waals surface area contributed by atoms with Gasteiger partial charge in [-0.05, 0) is 6.92 Å². The summed E-state index contributed by atoms with van der Waals surface area (Å²) in [5, 5.41) is 11.1. The van der Waals surface area contributed by atoms with Crippen molar-refractivity contribution in [3.63, 3.8) is 0 Å². The van der Waals surface area contributed by atoms with Gasteiger partial charge in [0.2, 0.25) is 5.95 Å². The molecule has 0 aliphatic carbocycles. The normalized spacial score (nSPS) is 12.5. The van der Waals surface area contributed by atoms with E-state index in [0.717, 1.165) is 0 Å². The third-order valence-corrected chi connectivity index (χ3v) is 1.22. The number of aromatic nitrogens is 2. The van der Waals surface area contributed by atoms with Gasteiger partial charge >= 0.3 is 5.97 Å². The topological polar surface area (TPSA) is 78.0 Å². The third-order valence-electron chi connectivity index (χ3n) is 1.22. The van der Waals surface area contributed by atoms with Gasteiger partial charge in [-0.15, -0.1) is 0 Å². The van der Waals surface area contributed by atoms with Gasteiger partial charge in [0.15, 0.2) is 0 Å². The first-order valence-corrected chi connectivity index (χ1v) is 3.19. The van der Waals surface area contributed by atoms with Crippen molar-refractivity contribution in [2.24, 2.45) is 0 Å². The van der Waals surface area contributed by atoms with Crippen LogP contribution >= 0.6 is 0 Å². The van der Waals surface area contributed by atoms with E-state index in [0.29, 0.717) is 5.95 Å². The van der Waals surface area contributed by atoms with Gasteiger partial charge in [0.05, 0.1) is 0 Å². The number of nitrogens with one attached hydrogen (secondary N) is 2. The lowest BCUT2D eigenvalue weighted by atomic mass is 10.3. The molecule has 5 heteroatoms. The Bertz CT molecular complexity index is 232. The number of aliphatic carboxylic acids is 1. The number of H-pyrrole nitrogens is 1. The molecule has 0 bridgehead atoms. The molecule has 0 radical (unpaired) electrons. The Morgan fingerprint density at radius 2 is 2.64 bits per heavy atom. The van der Waals surface area contributed by atoms with Crippen molar-refractivity contribution in [3.05, 3.63) is 12.4 Å². The van der Waals surface area contributed by atoms with Gasteiger partial charge in [-0.2, -0.15) is 0 Å². The van der Waals surface area contributed by atoms with Crippen molar-refractivity contribution in [2.75, 3.05) is 5.32 Å².